The Balaban J connectivity index is 1.83. The third kappa shape index (κ3) is 3.42. The highest BCUT2D eigenvalue weighted by atomic mass is 35.5. The third-order valence-electron chi connectivity index (χ3n) is 4.44. The van der Waals surface area contributed by atoms with Gasteiger partial charge in [0, 0.05) is 37.2 Å². The molecule has 1 amide bonds. The molecule has 2 aliphatic heterocycles. The predicted molar refractivity (Wildman–Crippen MR) is 87.8 cm³/mol. The summed E-state index contributed by atoms with van der Waals surface area (Å²) >= 11 is 5.82. The second-order valence-corrected chi connectivity index (χ2v) is 8.34. The number of nitrogens with one attached hydrogen (secondary N) is 1. The largest absolute Gasteiger partial charge is 0.336 e. The zero-order valence-electron chi connectivity index (χ0n) is 13.0. The van der Waals surface area contributed by atoms with Crippen molar-refractivity contribution < 1.29 is 17.6 Å². The summed E-state index contributed by atoms with van der Waals surface area (Å²) in [4.78, 5) is 13.4. The monoisotopic (exact) mass is 375 g/mol. The molecule has 1 N–H and O–H groups in total. The molecule has 0 bridgehead atoms. The van der Waals surface area contributed by atoms with Gasteiger partial charge in [0.25, 0.3) is 0 Å². The highest BCUT2D eigenvalue weighted by Gasteiger charge is 2.36. The van der Waals surface area contributed by atoms with Crippen molar-refractivity contribution in [2.45, 2.75) is 23.8 Å². The number of sulfonamides is 1. The molecule has 0 aromatic heterocycles. The third-order valence-corrected chi connectivity index (χ3v) is 6.55. The van der Waals surface area contributed by atoms with Crippen molar-refractivity contribution in [3.8, 4) is 0 Å². The molecule has 2 heterocycles. The van der Waals surface area contributed by atoms with E-state index in [-0.39, 0.29) is 30.1 Å². The number of piperazine rings is 1. The van der Waals surface area contributed by atoms with Gasteiger partial charge in [0.2, 0.25) is 15.9 Å². The summed E-state index contributed by atoms with van der Waals surface area (Å²) in [6.45, 7) is 2.01. The van der Waals surface area contributed by atoms with Gasteiger partial charge in [-0.15, -0.1) is 0 Å². The van der Waals surface area contributed by atoms with E-state index in [2.05, 4.69) is 5.32 Å². The van der Waals surface area contributed by atoms with Gasteiger partial charge in [-0.2, -0.15) is 4.31 Å². The highest BCUT2D eigenvalue weighted by Crippen LogP contribution is 2.27. The lowest BCUT2D eigenvalue weighted by atomic mass is 10.1. The van der Waals surface area contributed by atoms with Crippen molar-refractivity contribution in [2.75, 3.05) is 32.7 Å². The molecule has 3 rings (SSSR count). The average Bonchev–Trinajstić information content (AvgIpc) is 2.57. The molecule has 1 aromatic rings. The van der Waals surface area contributed by atoms with Crippen LogP contribution in [0.25, 0.3) is 0 Å². The summed E-state index contributed by atoms with van der Waals surface area (Å²) in [6.07, 6.45) is 1.37. The summed E-state index contributed by atoms with van der Waals surface area (Å²) in [5, 5.41) is 3.16. The number of carbonyl (C=O) groups is 1. The second-order valence-electron chi connectivity index (χ2n) is 6.00. The van der Waals surface area contributed by atoms with Crippen LogP contribution >= 0.6 is 11.6 Å². The number of hydrogen-bond donors (Lipinski definition) is 1. The van der Waals surface area contributed by atoms with Gasteiger partial charge < -0.3 is 10.2 Å². The van der Waals surface area contributed by atoms with Crippen LogP contribution in [0.15, 0.2) is 23.1 Å². The lowest BCUT2D eigenvalue weighted by molar-refractivity contribution is -0.135. The molecule has 132 valence electrons. The van der Waals surface area contributed by atoms with E-state index in [0.717, 1.165) is 18.6 Å². The number of hydrogen-bond acceptors (Lipinski definition) is 4. The minimum absolute atomic E-state index is 0.0283. The molecular formula is C15H19ClFN3O3S. The Morgan fingerprint density at radius 3 is 2.83 bits per heavy atom. The molecule has 2 saturated heterocycles. The maximum atomic E-state index is 14.0. The molecule has 1 unspecified atom stereocenters. The number of benzene rings is 1. The Kier molecular flexibility index (Phi) is 5.10. The highest BCUT2D eigenvalue weighted by molar-refractivity contribution is 7.89. The zero-order chi connectivity index (χ0) is 17.3. The summed E-state index contributed by atoms with van der Waals surface area (Å²) in [5.41, 5.74) is 0. The summed E-state index contributed by atoms with van der Waals surface area (Å²) < 4.78 is 40.8. The zero-order valence-corrected chi connectivity index (χ0v) is 14.6. The topological polar surface area (TPSA) is 69.7 Å². The summed E-state index contributed by atoms with van der Waals surface area (Å²) in [6, 6.07) is 3.32. The van der Waals surface area contributed by atoms with Crippen molar-refractivity contribution in [2.24, 2.45) is 0 Å². The van der Waals surface area contributed by atoms with E-state index < -0.39 is 20.7 Å². The van der Waals surface area contributed by atoms with Crippen LogP contribution in [-0.2, 0) is 14.8 Å². The van der Waals surface area contributed by atoms with Crippen LogP contribution in [0, 0.1) is 5.82 Å². The van der Waals surface area contributed by atoms with Crippen LogP contribution in [0.2, 0.25) is 5.02 Å². The normalized spacial score (nSPS) is 23.5. The molecule has 0 radical (unpaired) electrons. The van der Waals surface area contributed by atoms with Gasteiger partial charge in [-0.3, -0.25) is 4.79 Å². The number of amides is 1. The van der Waals surface area contributed by atoms with Gasteiger partial charge in [-0.05, 0) is 31.0 Å². The van der Waals surface area contributed by atoms with Crippen LogP contribution in [0.4, 0.5) is 4.39 Å². The Hall–Kier alpha value is -1.22. The van der Waals surface area contributed by atoms with Gasteiger partial charge in [-0.1, -0.05) is 11.6 Å². The maximum Gasteiger partial charge on any atom is 0.246 e. The first-order valence-corrected chi connectivity index (χ1v) is 9.67. The number of halogens is 2. The minimum atomic E-state index is -3.98. The van der Waals surface area contributed by atoms with Gasteiger partial charge in [0.15, 0.2) is 0 Å². The Bertz CT molecular complexity index is 743. The van der Waals surface area contributed by atoms with Crippen molar-refractivity contribution in [3.63, 3.8) is 0 Å². The lowest BCUT2D eigenvalue weighted by Crippen LogP contribution is -2.57. The van der Waals surface area contributed by atoms with Gasteiger partial charge in [0.05, 0.1) is 6.54 Å². The molecule has 0 saturated carbocycles. The van der Waals surface area contributed by atoms with Crippen LogP contribution in [0.5, 0.6) is 0 Å². The molecule has 1 atom stereocenters. The van der Waals surface area contributed by atoms with Gasteiger partial charge >= 0.3 is 0 Å². The van der Waals surface area contributed by atoms with E-state index in [1.165, 1.54) is 10.4 Å². The van der Waals surface area contributed by atoms with Crippen molar-refractivity contribution in [1.82, 2.24) is 14.5 Å². The lowest BCUT2D eigenvalue weighted by Gasteiger charge is -2.40. The van der Waals surface area contributed by atoms with E-state index in [9.17, 15) is 17.6 Å². The van der Waals surface area contributed by atoms with Gasteiger partial charge in [0.1, 0.15) is 10.7 Å². The fourth-order valence-corrected chi connectivity index (χ4v) is 5.06. The molecule has 1 aromatic carbocycles. The second kappa shape index (κ2) is 6.95. The standard InChI is InChI=1S/C15H19ClFN3O3S/c16-11-3-4-13(17)14(8-11)24(22,23)19-6-1-2-12(10-19)20-7-5-18-9-15(20)21/h3-4,8,12,18H,1-2,5-7,9-10H2. The first kappa shape index (κ1) is 17.6. The first-order chi connectivity index (χ1) is 11.4. The quantitative estimate of drug-likeness (QED) is 0.857. The molecule has 2 fully saturated rings. The Morgan fingerprint density at radius 1 is 1.29 bits per heavy atom. The SMILES string of the molecule is O=C1CNCCN1C1CCCN(S(=O)(=O)c2cc(Cl)ccc2F)C1. The van der Waals surface area contributed by atoms with Gasteiger partial charge in [-0.25, -0.2) is 12.8 Å². The fraction of sp³-hybridized carbons (Fsp3) is 0.533. The van der Waals surface area contributed by atoms with E-state index in [1.807, 2.05) is 0 Å². The van der Waals surface area contributed by atoms with Crippen molar-refractivity contribution in [3.05, 3.63) is 29.0 Å². The van der Waals surface area contributed by atoms with E-state index >= 15 is 0 Å². The molecule has 6 nitrogen and oxygen atoms in total. The van der Waals surface area contributed by atoms with Crippen LogP contribution < -0.4 is 5.32 Å². The fourth-order valence-electron chi connectivity index (χ4n) is 3.21. The number of nitrogens with zero attached hydrogens (tertiary/aromatic N) is 2. The van der Waals surface area contributed by atoms with E-state index in [1.54, 1.807) is 4.90 Å². The summed E-state index contributed by atoms with van der Waals surface area (Å²) in [7, 11) is -3.98. The van der Waals surface area contributed by atoms with E-state index in [4.69, 9.17) is 11.6 Å². The molecule has 24 heavy (non-hydrogen) atoms. The average molecular weight is 376 g/mol. The Labute approximate surface area is 145 Å². The minimum Gasteiger partial charge on any atom is -0.336 e. The first-order valence-electron chi connectivity index (χ1n) is 7.85. The number of rotatable bonds is 3. The molecule has 2 aliphatic rings. The number of carbonyl (C=O) groups excluding carboxylic acids is 1. The van der Waals surface area contributed by atoms with Crippen LogP contribution in [-0.4, -0.2) is 62.3 Å². The predicted octanol–water partition coefficient (Wildman–Crippen LogP) is 1.06. The molecule has 9 heteroatoms. The smallest absolute Gasteiger partial charge is 0.246 e. The van der Waals surface area contributed by atoms with Crippen LogP contribution in [0.3, 0.4) is 0 Å². The molecule has 0 aliphatic carbocycles. The molecular weight excluding hydrogens is 357 g/mol. The van der Waals surface area contributed by atoms with Crippen molar-refractivity contribution >= 4 is 27.5 Å². The van der Waals surface area contributed by atoms with E-state index in [0.29, 0.717) is 26.1 Å². The number of piperidine rings is 1. The maximum absolute atomic E-state index is 14.0. The van der Waals surface area contributed by atoms with Crippen molar-refractivity contribution in [1.29, 1.82) is 0 Å². The summed E-state index contributed by atoms with van der Waals surface area (Å²) in [5.74, 6) is -0.848. The molecule has 0 spiro atoms. The Morgan fingerprint density at radius 2 is 2.08 bits per heavy atom. The van der Waals surface area contributed by atoms with Crippen LogP contribution in [0.1, 0.15) is 12.8 Å².